The van der Waals surface area contributed by atoms with E-state index in [4.69, 9.17) is 0 Å². The minimum Gasteiger partial charge on any atom is -0.313 e. The molecule has 1 unspecified atom stereocenters. The van der Waals surface area contributed by atoms with E-state index in [9.17, 15) is 0 Å². The zero-order valence-corrected chi connectivity index (χ0v) is 11.6. The Morgan fingerprint density at radius 3 is 2.50 bits per heavy atom. The van der Waals surface area contributed by atoms with Crippen LogP contribution in [-0.4, -0.2) is 16.8 Å². The van der Waals surface area contributed by atoms with E-state index in [0.29, 0.717) is 6.04 Å². The molecule has 18 heavy (non-hydrogen) atoms. The van der Waals surface area contributed by atoms with Crippen LogP contribution in [0, 0.1) is 13.8 Å². The second-order valence-corrected chi connectivity index (χ2v) is 4.74. The molecule has 0 amide bonds. The van der Waals surface area contributed by atoms with Crippen LogP contribution in [0.2, 0.25) is 0 Å². The predicted octanol–water partition coefficient (Wildman–Crippen LogP) is 2.83. The van der Waals surface area contributed by atoms with Crippen LogP contribution in [-0.2, 0) is 6.54 Å². The van der Waals surface area contributed by atoms with E-state index >= 15 is 0 Å². The van der Waals surface area contributed by atoms with E-state index < -0.39 is 0 Å². The van der Waals surface area contributed by atoms with Gasteiger partial charge in [-0.05, 0) is 33.4 Å². The molecule has 0 aliphatic carbocycles. The molecule has 0 saturated heterocycles. The monoisotopic (exact) mass is 243 g/mol. The highest BCUT2D eigenvalue weighted by atomic mass is 15.3. The molecule has 0 bridgehead atoms. The molecule has 1 aromatic carbocycles. The van der Waals surface area contributed by atoms with Crippen LogP contribution >= 0.6 is 0 Å². The Balaban J connectivity index is 2.30. The highest BCUT2D eigenvalue weighted by molar-refractivity contribution is 5.28. The molecular weight excluding hydrogens is 222 g/mol. The summed E-state index contributed by atoms with van der Waals surface area (Å²) in [6.07, 6.45) is 0. The largest absolute Gasteiger partial charge is 0.313 e. The Morgan fingerprint density at radius 1 is 1.22 bits per heavy atom. The van der Waals surface area contributed by atoms with Gasteiger partial charge in [0.2, 0.25) is 0 Å². The van der Waals surface area contributed by atoms with E-state index in [1.54, 1.807) is 0 Å². The van der Waals surface area contributed by atoms with Crippen LogP contribution in [0.15, 0.2) is 30.3 Å². The molecule has 3 heteroatoms. The molecule has 0 radical (unpaired) electrons. The maximum Gasteiger partial charge on any atom is 0.0662 e. The van der Waals surface area contributed by atoms with Crippen molar-refractivity contribution in [3.05, 3.63) is 52.8 Å². The number of benzene rings is 1. The van der Waals surface area contributed by atoms with Gasteiger partial charge in [0.15, 0.2) is 0 Å². The van der Waals surface area contributed by atoms with Gasteiger partial charge in [0.25, 0.3) is 0 Å². The highest BCUT2D eigenvalue weighted by Crippen LogP contribution is 2.21. The molecule has 1 heterocycles. The number of aromatic nitrogens is 2. The summed E-state index contributed by atoms with van der Waals surface area (Å²) in [7, 11) is 1.98. The van der Waals surface area contributed by atoms with Crippen LogP contribution in [0.1, 0.15) is 35.5 Å². The van der Waals surface area contributed by atoms with Gasteiger partial charge in [0, 0.05) is 17.3 Å². The van der Waals surface area contributed by atoms with E-state index in [2.05, 4.69) is 60.1 Å². The molecule has 0 spiro atoms. The molecule has 0 saturated carbocycles. The van der Waals surface area contributed by atoms with Crippen LogP contribution in [0.5, 0.6) is 0 Å². The lowest BCUT2D eigenvalue weighted by molar-refractivity contribution is 0.632. The number of hydrogen-bond acceptors (Lipinski definition) is 2. The van der Waals surface area contributed by atoms with Crippen LogP contribution < -0.4 is 5.32 Å². The molecule has 2 rings (SSSR count). The summed E-state index contributed by atoms with van der Waals surface area (Å²) in [6.45, 7) is 7.23. The first-order valence-corrected chi connectivity index (χ1v) is 6.38. The van der Waals surface area contributed by atoms with E-state index in [-0.39, 0.29) is 0 Å². The molecule has 1 aromatic heterocycles. The average molecular weight is 243 g/mol. The van der Waals surface area contributed by atoms with Gasteiger partial charge in [-0.25, -0.2) is 0 Å². The first kappa shape index (κ1) is 12.8. The summed E-state index contributed by atoms with van der Waals surface area (Å²) in [5.74, 6) is 0. The fourth-order valence-corrected chi connectivity index (χ4v) is 2.39. The molecule has 2 aromatic rings. The molecule has 96 valence electrons. The summed E-state index contributed by atoms with van der Waals surface area (Å²) < 4.78 is 2.09. The Hall–Kier alpha value is -1.61. The molecular formula is C15H21N3. The minimum absolute atomic E-state index is 0.342. The zero-order valence-electron chi connectivity index (χ0n) is 11.6. The Kier molecular flexibility index (Phi) is 3.82. The number of hydrogen-bond donors (Lipinski definition) is 1. The van der Waals surface area contributed by atoms with Gasteiger partial charge in [0.05, 0.1) is 12.2 Å². The van der Waals surface area contributed by atoms with E-state index in [1.807, 2.05) is 13.1 Å². The SMILES string of the molecule is CNC(C)c1c(C)nn(Cc2ccccc2)c1C. The Labute approximate surface area is 109 Å². The van der Waals surface area contributed by atoms with Crippen LogP contribution in [0.4, 0.5) is 0 Å². The average Bonchev–Trinajstić information content (AvgIpc) is 2.65. The van der Waals surface area contributed by atoms with Crippen LogP contribution in [0.25, 0.3) is 0 Å². The van der Waals surface area contributed by atoms with Crippen molar-refractivity contribution in [1.82, 2.24) is 15.1 Å². The van der Waals surface area contributed by atoms with Crippen LogP contribution in [0.3, 0.4) is 0 Å². The van der Waals surface area contributed by atoms with Crippen molar-refractivity contribution in [3.63, 3.8) is 0 Å². The fraction of sp³-hybridized carbons (Fsp3) is 0.400. The number of nitrogens with one attached hydrogen (secondary N) is 1. The summed E-state index contributed by atoms with van der Waals surface area (Å²) in [5.41, 5.74) is 4.96. The summed E-state index contributed by atoms with van der Waals surface area (Å²) >= 11 is 0. The van der Waals surface area contributed by atoms with E-state index in [0.717, 1.165) is 12.2 Å². The predicted molar refractivity (Wildman–Crippen MR) is 74.7 cm³/mol. The number of nitrogens with zero attached hydrogens (tertiary/aromatic N) is 2. The molecule has 0 fully saturated rings. The van der Waals surface area contributed by atoms with Gasteiger partial charge >= 0.3 is 0 Å². The molecule has 3 nitrogen and oxygen atoms in total. The zero-order chi connectivity index (χ0) is 13.1. The third-order valence-corrected chi connectivity index (χ3v) is 3.48. The normalized spacial score (nSPS) is 12.7. The summed E-state index contributed by atoms with van der Waals surface area (Å²) in [5, 5.41) is 7.94. The third-order valence-electron chi connectivity index (χ3n) is 3.48. The standard InChI is InChI=1S/C15H21N3/c1-11(16-4)15-12(2)17-18(13(15)3)10-14-8-6-5-7-9-14/h5-9,11,16H,10H2,1-4H3. The lowest BCUT2D eigenvalue weighted by atomic mass is 10.1. The minimum atomic E-state index is 0.342. The summed E-state index contributed by atoms with van der Waals surface area (Å²) in [6, 6.07) is 10.8. The van der Waals surface area contributed by atoms with Crippen molar-refractivity contribution in [2.45, 2.75) is 33.4 Å². The topological polar surface area (TPSA) is 29.9 Å². The van der Waals surface area contributed by atoms with Gasteiger partial charge in [-0.2, -0.15) is 5.10 Å². The van der Waals surface area contributed by atoms with E-state index in [1.165, 1.54) is 16.8 Å². The first-order chi connectivity index (χ1) is 8.63. The second-order valence-electron chi connectivity index (χ2n) is 4.74. The number of rotatable bonds is 4. The van der Waals surface area contributed by atoms with Crippen molar-refractivity contribution in [2.24, 2.45) is 0 Å². The first-order valence-electron chi connectivity index (χ1n) is 6.38. The van der Waals surface area contributed by atoms with Crippen molar-refractivity contribution in [2.75, 3.05) is 7.05 Å². The smallest absolute Gasteiger partial charge is 0.0662 e. The quantitative estimate of drug-likeness (QED) is 0.895. The van der Waals surface area contributed by atoms with Crippen molar-refractivity contribution in [3.8, 4) is 0 Å². The number of aryl methyl sites for hydroxylation is 1. The van der Waals surface area contributed by atoms with Gasteiger partial charge in [-0.3, -0.25) is 4.68 Å². The maximum atomic E-state index is 4.65. The van der Waals surface area contributed by atoms with Crippen molar-refractivity contribution in [1.29, 1.82) is 0 Å². The van der Waals surface area contributed by atoms with Gasteiger partial charge in [-0.15, -0.1) is 0 Å². The second kappa shape index (κ2) is 5.36. The maximum absolute atomic E-state index is 4.65. The van der Waals surface area contributed by atoms with Gasteiger partial charge < -0.3 is 5.32 Å². The molecule has 1 N–H and O–H groups in total. The molecule has 0 aliphatic rings. The molecule has 1 atom stereocenters. The Morgan fingerprint density at radius 2 is 1.89 bits per heavy atom. The van der Waals surface area contributed by atoms with Gasteiger partial charge in [0.1, 0.15) is 0 Å². The lowest BCUT2D eigenvalue weighted by Gasteiger charge is -2.11. The van der Waals surface area contributed by atoms with Gasteiger partial charge in [-0.1, -0.05) is 30.3 Å². The Bertz CT molecular complexity index is 514. The van der Waals surface area contributed by atoms with Crippen molar-refractivity contribution < 1.29 is 0 Å². The summed E-state index contributed by atoms with van der Waals surface area (Å²) in [4.78, 5) is 0. The van der Waals surface area contributed by atoms with Crippen molar-refractivity contribution >= 4 is 0 Å². The molecule has 0 aliphatic heterocycles. The lowest BCUT2D eigenvalue weighted by Crippen LogP contribution is -2.14. The highest BCUT2D eigenvalue weighted by Gasteiger charge is 2.16. The fourth-order valence-electron chi connectivity index (χ4n) is 2.39. The third kappa shape index (κ3) is 2.46.